The summed E-state index contributed by atoms with van der Waals surface area (Å²) in [4.78, 5) is 19.2. The van der Waals surface area contributed by atoms with Crippen molar-refractivity contribution in [2.45, 2.75) is 27.0 Å². The van der Waals surface area contributed by atoms with E-state index in [1.165, 1.54) is 0 Å². The molecule has 1 aromatic carbocycles. The Hall–Kier alpha value is -3.78. The molecule has 5 aromatic rings. The molecule has 0 aliphatic carbocycles. The molecular formula is C23H20ClN7O. The van der Waals surface area contributed by atoms with E-state index in [9.17, 15) is 0 Å². The molecule has 0 bridgehead atoms. The molecule has 0 fully saturated rings. The number of halogens is 1. The van der Waals surface area contributed by atoms with Gasteiger partial charge in [0.1, 0.15) is 12.0 Å². The summed E-state index contributed by atoms with van der Waals surface area (Å²) in [5, 5.41) is 10.1. The topological polar surface area (TPSA) is 82.5 Å². The number of pyridine rings is 1. The lowest BCUT2D eigenvalue weighted by Gasteiger charge is -2.07. The van der Waals surface area contributed by atoms with Crippen LogP contribution in [0.15, 0.2) is 60.1 Å². The second-order valence-electron chi connectivity index (χ2n) is 7.42. The van der Waals surface area contributed by atoms with E-state index in [2.05, 4.69) is 43.6 Å². The molecule has 0 saturated carbocycles. The largest absolute Gasteiger partial charge is 0.387 e. The standard InChI is InChI=1S/C23H20ClN7O/c1-15-16(2)30(12-19-5-3-4-10-25-19)22-21(15)23-28-20(29-31(23)14-26-22)13-32-27-11-17-6-8-18(24)9-7-17/h3-11,14H,12-13H2,1-2H3. The van der Waals surface area contributed by atoms with E-state index in [0.29, 0.717) is 17.4 Å². The Morgan fingerprint density at radius 2 is 1.91 bits per heavy atom. The third-order valence-corrected chi connectivity index (χ3v) is 5.63. The summed E-state index contributed by atoms with van der Waals surface area (Å²) in [5.74, 6) is 0.530. The van der Waals surface area contributed by atoms with Gasteiger partial charge in [0, 0.05) is 16.9 Å². The van der Waals surface area contributed by atoms with Crippen molar-refractivity contribution >= 4 is 34.5 Å². The fourth-order valence-electron chi connectivity index (χ4n) is 3.62. The summed E-state index contributed by atoms with van der Waals surface area (Å²) in [5.41, 5.74) is 5.72. The van der Waals surface area contributed by atoms with Gasteiger partial charge < -0.3 is 9.40 Å². The molecular weight excluding hydrogens is 426 g/mol. The fourth-order valence-corrected chi connectivity index (χ4v) is 3.75. The van der Waals surface area contributed by atoms with E-state index in [1.54, 1.807) is 35.4 Å². The smallest absolute Gasteiger partial charge is 0.192 e. The van der Waals surface area contributed by atoms with Gasteiger partial charge in [0.05, 0.1) is 23.8 Å². The predicted molar refractivity (Wildman–Crippen MR) is 123 cm³/mol. The maximum absolute atomic E-state index is 5.89. The van der Waals surface area contributed by atoms with E-state index < -0.39 is 0 Å². The number of fused-ring (bicyclic) bond motifs is 3. The first-order valence-corrected chi connectivity index (χ1v) is 10.5. The Balaban J connectivity index is 1.41. The van der Waals surface area contributed by atoms with Crippen molar-refractivity contribution in [1.82, 2.24) is 29.1 Å². The molecule has 160 valence electrons. The van der Waals surface area contributed by atoms with Gasteiger partial charge in [0.2, 0.25) is 0 Å². The molecule has 8 nitrogen and oxygen atoms in total. The first kappa shape index (κ1) is 20.1. The lowest BCUT2D eigenvalue weighted by atomic mass is 10.2. The van der Waals surface area contributed by atoms with Crippen molar-refractivity contribution in [1.29, 1.82) is 0 Å². The second kappa shape index (κ2) is 8.39. The third kappa shape index (κ3) is 3.80. The summed E-state index contributed by atoms with van der Waals surface area (Å²) >= 11 is 5.89. The van der Waals surface area contributed by atoms with Crippen LogP contribution in [0.2, 0.25) is 5.02 Å². The zero-order valence-corrected chi connectivity index (χ0v) is 18.4. The highest BCUT2D eigenvalue weighted by Crippen LogP contribution is 2.27. The fraction of sp³-hybridized carbons (Fsp3) is 0.174. The van der Waals surface area contributed by atoms with Crippen molar-refractivity contribution in [2.24, 2.45) is 5.16 Å². The van der Waals surface area contributed by atoms with Crippen LogP contribution in [0.3, 0.4) is 0 Å². The SMILES string of the molecule is Cc1c(C)n(Cc2ccccn2)c2ncn3nc(CON=Cc4ccc(Cl)cc4)nc3c12. The maximum Gasteiger partial charge on any atom is 0.192 e. The van der Waals surface area contributed by atoms with Gasteiger partial charge in [-0.25, -0.2) is 14.5 Å². The summed E-state index contributed by atoms with van der Waals surface area (Å²) in [6.45, 7) is 4.96. The van der Waals surface area contributed by atoms with Crippen LogP contribution in [-0.4, -0.2) is 35.3 Å². The van der Waals surface area contributed by atoms with E-state index in [0.717, 1.165) is 39.2 Å². The van der Waals surface area contributed by atoms with E-state index >= 15 is 0 Å². The Morgan fingerprint density at radius 3 is 2.69 bits per heavy atom. The highest BCUT2D eigenvalue weighted by Gasteiger charge is 2.18. The lowest BCUT2D eigenvalue weighted by Crippen LogP contribution is -2.04. The molecule has 0 N–H and O–H groups in total. The summed E-state index contributed by atoms with van der Waals surface area (Å²) in [7, 11) is 0. The average Bonchev–Trinajstić information content (AvgIpc) is 3.33. The first-order valence-electron chi connectivity index (χ1n) is 10.1. The summed E-state index contributed by atoms with van der Waals surface area (Å²) in [6, 6.07) is 13.2. The first-order chi connectivity index (χ1) is 15.6. The number of aryl methyl sites for hydroxylation is 1. The van der Waals surface area contributed by atoms with E-state index in [4.69, 9.17) is 16.4 Å². The Bertz CT molecular complexity index is 1420. The molecule has 0 radical (unpaired) electrons. The van der Waals surface area contributed by atoms with Crippen molar-refractivity contribution in [3.05, 3.63) is 88.4 Å². The van der Waals surface area contributed by atoms with Crippen LogP contribution in [0.25, 0.3) is 16.7 Å². The lowest BCUT2D eigenvalue weighted by molar-refractivity contribution is 0.126. The van der Waals surface area contributed by atoms with Gasteiger partial charge in [-0.05, 0) is 49.2 Å². The van der Waals surface area contributed by atoms with Crippen LogP contribution in [0, 0.1) is 13.8 Å². The minimum atomic E-state index is 0.153. The second-order valence-corrected chi connectivity index (χ2v) is 7.85. The molecule has 0 atom stereocenters. The van der Waals surface area contributed by atoms with Crippen molar-refractivity contribution in [3.63, 3.8) is 0 Å². The molecule has 0 aliphatic rings. The molecule has 9 heteroatoms. The minimum Gasteiger partial charge on any atom is -0.387 e. The van der Waals surface area contributed by atoms with Crippen LogP contribution < -0.4 is 0 Å². The summed E-state index contributed by atoms with van der Waals surface area (Å²) < 4.78 is 3.84. The van der Waals surface area contributed by atoms with Gasteiger partial charge in [-0.15, -0.1) is 5.10 Å². The van der Waals surface area contributed by atoms with Gasteiger partial charge in [0.25, 0.3) is 0 Å². The summed E-state index contributed by atoms with van der Waals surface area (Å²) in [6.07, 6.45) is 5.10. The number of rotatable bonds is 6. The minimum absolute atomic E-state index is 0.153. The highest BCUT2D eigenvalue weighted by molar-refractivity contribution is 6.30. The van der Waals surface area contributed by atoms with E-state index in [1.807, 2.05) is 30.3 Å². The molecule has 32 heavy (non-hydrogen) atoms. The monoisotopic (exact) mass is 445 g/mol. The maximum atomic E-state index is 5.89. The number of hydrogen-bond donors (Lipinski definition) is 0. The third-order valence-electron chi connectivity index (χ3n) is 5.38. The van der Waals surface area contributed by atoms with Gasteiger partial charge in [-0.3, -0.25) is 4.98 Å². The zero-order chi connectivity index (χ0) is 22.1. The Kier molecular flexibility index (Phi) is 5.28. The van der Waals surface area contributed by atoms with E-state index in [-0.39, 0.29) is 6.61 Å². The van der Waals surface area contributed by atoms with Crippen molar-refractivity contribution in [2.75, 3.05) is 0 Å². The van der Waals surface area contributed by atoms with Gasteiger partial charge >= 0.3 is 0 Å². The molecule has 4 heterocycles. The number of nitrogens with zero attached hydrogens (tertiary/aromatic N) is 7. The number of hydrogen-bond acceptors (Lipinski definition) is 6. The zero-order valence-electron chi connectivity index (χ0n) is 17.6. The molecule has 0 amide bonds. The Labute approximate surface area is 189 Å². The normalized spacial score (nSPS) is 11.7. The predicted octanol–water partition coefficient (Wildman–Crippen LogP) is 4.34. The van der Waals surface area contributed by atoms with Gasteiger partial charge in [-0.1, -0.05) is 35.0 Å². The Morgan fingerprint density at radius 1 is 1.06 bits per heavy atom. The van der Waals surface area contributed by atoms with Crippen LogP contribution in [-0.2, 0) is 18.0 Å². The molecule has 4 aromatic heterocycles. The van der Waals surface area contributed by atoms with Crippen LogP contribution in [0.5, 0.6) is 0 Å². The van der Waals surface area contributed by atoms with Crippen LogP contribution >= 0.6 is 11.6 Å². The van der Waals surface area contributed by atoms with Crippen LogP contribution in [0.4, 0.5) is 0 Å². The number of oxime groups is 1. The highest BCUT2D eigenvalue weighted by atomic mass is 35.5. The number of aromatic nitrogens is 6. The molecule has 0 spiro atoms. The molecule has 0 aliphatic heterocycles. The molecule has 0 saturated heterocycles. The number of benzene rings is 1. The quantitative estimate of drug-likeness (QED) is 0.287. The molecule has 0 unspecified atom stereocenters. The molecule has 5 rings (SSSR count). The van der Waals surface area contributed by atoms with Gasteiger partial charge in [-0.2, -0.15) is 0 Å². The van der Waals surface area contributed by atoms with Gasteiger partial charge in [0.15, 0.2) is 18.1 Å². The van der Waals surface area contributed by atoms with Crippen LogP contribution in [0.1, 0.15) is 28.3 Å². The average molecular weight is 446 g/mol. The van der Waals surface area contributed by atoms with Crippen molar-refractivity contribution < 1.29 is 4.84 Å². The van der Waals surface area contributed by atoms with Crippen molar-refractivity contribution in [3.8, 4) is 0 Å².